The lowest BCUT2D eigenvalue weighted by Crippen LogP contribution is -2.29. The summed E-state index contributed by atoms with van der Waals surface area (Å²) in [6, 6.07) is 23.3. The predicted octanol–water partition coefficient (Wildman–Crippen LogP) is 1.62. The second-order valence-corrected chi connectivity index (χ2v) is 13.6. The van der Waals surface area contributed by atoms with Gasteiger partial charge in [0.15, 0.2) is 0 Å². The van der Waals surface area contributed by atoms with Crippen LogP contribution in [0.3, 0.4) is 0 Å². The smallest absolute Gasteiger partial charge is 0.326 e. The molecule has 0 aromatic heterocycles. The van der Waals surface area contributed by atoms with Crippen molar-refractivity contribution in [1.29, 1.82) is 0 Å². The second kappa shape index (κ2) is 12.5. The third-order valence-electron chi connectivity index (χ3n) is 7.09. The minimum Gasteiger partial charge on any atom is -0.508 e. The first-order chi connectivity index (χ1) is 21.7. The van der Waals surface area contributed by atoms with Crippen molar-refractivity contribution in [2.75, 3.05) is 27.4 Å². The van der Waals surface area contributed by atoms with E-state index in [0.717, 1.165) is 19.7 Å². The SMILES string of the molecule is Nc1ccccc1Cc1ccc(N2CC(=O)NS2(=O)=O)c(O)c1.O=C1CN(c2ccc(Cc3ccccc3O)cc2O)S(=O)(=O)N1. The number of nitrogens with one attached hydrogen (secondary N) is 2. The number of phenolic OH excluding ortho intramolecular Hbond substituents is 3. The van der Waals surface area contributed by atoms with Gasteiger partial charge in [-0.05, 0) is 65.1 Å². The van der Waals surface area contributed by atoms with Gasteiger partial charge in [-0.1, -0.05) is 48.5 Å². The zero-order valence-corrected chi connectivity index (χ0v) is 25.6. The van der Waals surface area contributed by atoms with Crippen LogP contribution in [0.15, 0.2) is 84.9 Å². The minimum atomic E-state index is -3.96. The van der Waals surface area contributed by atoms with Crippen LogP contribution >= 0.6 is 0 Å². The van der Waals surface area contributed by atoms with E-state index in [0.29, 0.717) is 29.7 Å². The van der Waals surface area contributed by atoms with Crippen LogP contribution < -0.4 is 23.8 Å². The van der Waals surface area contributed by atoms with Gasteiger partial charge in [-0.2, -0.15) is 16.8 Å². The highest BCUT2D eigenvalue weighted by molar-refractivity contribution is 7.92. The van der Waals surface area contributed by atoms with Crippen LogP contribution in [0, 0.1) is 0 Å². The molecular formula is C30H29N5O9S2. The number of carbonyl (C=O) groups excluding carboxylic acids is 2. The Hall–Kier alpha value is -5.48. The largest absolute Gasteiger partial charge is 0.508 e. The van der Waals surface area contributed by atoms with E-state index < -0.39 is 32.2 Å². The molecule has 0 aliphatic carbocycles. The first-order valence-electron chi connectivity index (χ1n) is 13.6. The number of para-hydroxylation sites is 2. The fourth-order valence-corrected chi connectivity index (χ4v) is 7.22. The number of anilines is 3. The van der Waals surface area contributed by atoms with Crippen molar-refractivity contribution in [3.8, 4) is 17.2 Å². The molecule has 240 valence electrons. The lowest BCUT2D eigenvalue weighted by atomic mass is 10.0. The van der Waals surface area contributed by atoms with Crippen LogP contribution in [0.2, 0.25) is 0 Å². The summed E-state index contributed by atoms with van der Waals surface area (Å²) in [4.78, 5) is 22.5. The van der Waals surface area contributed by atoms with Gasteiger partial charge < -0.3 is 21.1 Å². The average Bonchev–Trinajstić information content (AvgIpc) is 3.42. The van der Waals surface area contributed by atoms with Crippen LogP contribution in [0.4, 0.5) is 17.1 Å². The molecule has 0 radical (unpaired) electrons. The first-order valence-corrected chi connectivity index (χ1v) is 16.5. The number of benzene rings is 4. The topological polar surface area (TPSA) is 220 Å². The van der Waals surface area contributed by atoms with Crippen LogP contribution in [-0.4, -0.2) is 57.1 Å². The molecule has 46 heavy (non-hydrogen) atoms. The summed E-state index contributed by atoms with van der Waals surface area (Å²) in [6.45, 7) is -0.713. The summed E-state index contributed by atoms with van der Waals surface area (Å²) in [5.41, 5.74) is 9.70. The number of nitrogens with two attached hydrogens (primary N) is 1. The quantitative estimate of drug-likeness (QED) is 0.163. The maximum atomic E-state index is 11.8. The summed E-state index contributed by atoms with van der Waals surface area (Å²) in [5.74, 6) is -1.60. The molecule has 2 aliphatic heterocycles. The molecule has 14 nitrogen and oxygen atoms in total. The summed E-state index contributed by atoms with van der Waals surface area (Å²) in [6.07, 6.45) is 0.884. The molecule has 2 fully saturated rings. The number of rotatable bonds is 6. The molecule has 0 bridgehead atoms. The first kappa shape index (κ1) is 31.9. The Morgan fingerprint density at radius 1 is 0.609 bits per heavy atom. The van der Waals surface area contributed by atoms with Gasteiger partial charge in [0.05, 0.1) is 11.4 Å². The number of aromatic hydroxyl groups is 3. The number of hydrogen-bond acceptors (Lipinski definition) is 10. The molecule has 2 heterocycles. The molecule has 7 N–H and O–H groups in total. The van der Waals surface area contributed by atoms with Crippen LogP contribution in [0.25, 0.3) is 0 Å². The fraction of sp³-hybridized carbons (Fsp3) is 0.133. The van der Waals surface area contributed by atoms with Crippen molar-refractivity contribution < 1.29 is 41.7 Å². The van der Waals surface area contributed by atoms with E-state index in [9.17, 15) is 41.7 Å². The minimum absolute atomic E-state index is 0.0318. The highest BCUT2D eigenvalue weighted by Crippen LogP contribution is 2.34. The standard InChI is InChI=1S/C15H15N3O4S.C15H14N2O5S/c16-12-4-2-1-3-11(12)7-10-5-6-13(14(19)8-10)18-9-15(20)17-23(18,21)22;18-13-4-2-1-3-11(13)7-10-5-6-12(14(19)8-10)17-9-15(20)16-23(17,21)22/h1-6,8,19H,7,9,16H2,(H,17,20);1-6,8,18-19H,7,9H2,(H,16,20). The number of hydrogen-bond donors (Lipinski definition) is 6. The van der Waals surface area contributed by atoms with E-state index in [1.807, 2.05) is 27.6 Å². The molecule has 4 aromatic rings. The van der Waals surface area contributed by atoms with Crippen molar-refractivity contribution in [1.82, 2.24) is 9.44 Å². The summed E-state index contributed by atoms with van der Waals surface area (Å²) < 4.78 is 52.6. The zero-order valence-electron chi connectivity index (χ0n) is 24.0. The van der Waals surface area contributed by atoms with Crippen molar-refractivity contribution in [3.63, 3.8) is 0 Å². The number of nitrogens with zero attached hydrogens (tertiary/aromatic N) is 2. The van der Waals surface area contributed by atoms with E-state index >= 15 is 0 Å². The van der Waals surface area contributed by atoms with Crippen LogP contribution in [0.5, 0.6) is 17.2 Å². The molecular weight excluding hydrogens is 638 g/mol. The molecule has 0 atom stereocenters. The van der Waals surface area contributed by atoms with Gasteiger partial charge in [-0.15, -0.1) is 0 Å². The lowest BCUT2D eigenvalue weighted by Gasteiger charge is -2.17. The molecule has 2 aliphatic rings. The maximum Gasteiger partial charge on any atom is 0.326 e. The third-order valence-corrected chi connectivity index (χ3v) is 9.88. The van der Waals surface area contributed by atoms with Crippen molar-refractivity contribution in [3.05, 3.63) is 107 Å². The van der Waals surface area contributed by atoms with E-state index in [1.165, 1.54) is 24.3 Å². The molecule has 2 amide bonds. The summed E-state index contributed by atoms with van der Waals surface area (Å²) in [7, 11) is -7.89. The highest BCUT2D eigenvalue weighted by Gasteiger charge is 2.36. The van der Waals surface area contributed by atoms with Crippen molar-refractivity contribution in [2.45, 2.75) is 12.8 Å². The predicted molar refractivity (Wildman–Crippen MR) is 170 cm³/mol. The van der Waals surface area contributed by atoms with E-state index in [-0.39, 0.29) is 41.7 Å². The number of phenols is 3. The van der Waals surface area contributed by atoms with Crippen LogP contribution in [0.1, 0.15) is 22.3 Å². The number of nitrogen functional groups attached to an aromatic ring is 1. The van der Waals surface area contributed by atoms with Crippen molar-refractivity contribution >= 4 is 49.3 Å². The van der Waals surface area contributed by atoms with Crippen molar-refractivity contribution in [2.24, 2.45) is 0 Å². The molecule has 0 unspecified atom stereocenters. The normalized spacial score (nSPS) is 16.3. The van der Waals surface area contributed by atoms with E-state index in [1.54, 1.807) is 42.5 Å². The molecule has 2 saturated heterocycles. The summed E-state index contributed by atoms with van der Waals surface area (Å²) >= 11 is 0. The van der Waals surface area contributed by atoms with Gasteiger partial charge in [0, 0.05) is 12.1 Å². The molecule has 0 spiro atoms. The Bertz CT molecular complexity index is 1910. The van der Waals surface area contributed by atoms with Gasteiger partial charge in [-0.25, -0.2) is 18.1 Å². The van der Waals surface area contributed by atoms with Gasteiger partial charge in [-0.3, -0.25) is 9.59 Å². The monoisotopic (exact) mass is 667 g/mol. The van der Waals surface area contributed by atoms with Gasteiger partial charge >= 0.3 is 20.4 Å². The van der Waals surface area contributed by atoms with Gasteiger partial charge in [0.1, 0.15) is 30.3 Å². The van der Waals surface area contributed by atoms with Gasteiger partial charge in [0.2, 0.25) is 0 Å². The fourth-order valence-electron chi connectivity index (χ4n) is 4.90. The van der Waals surface area contributed by atoms with Crippen LogP contribution in [-0.2, 0) is 42.8 Å². The number of amides is 2. The Kier molecular flexibility index (Phi) is 8.67. The summed E-state index contributed by atoms with van der Waals surface area (Å²) in [5, 5.41) is 30.0. The Morgan fingerprint density at radius 2 is 1.04 bits per heavy atom. The second-order valence-electron chi connectivity index (χ2n) is 10.4. The van der Waals surface area contributed by atoms with E-state index in [4.69, 9.17) is 5.73 Å². The Labute approximate surface area is 264 Å². The molecule has 16 heteroatoms. The zero-order chi connectivity index (χ0) is 33.2. The average molecular weight is 668 g/mol. The lowest BCUT2D eigenvalue weighted by molar-refractivity contribution is -0.118. The molecule has 6 rings (SSSR count). The maximum absolute atomic E-state index is 11.8. The van der Waals surface area contributed by atoms with E-state index in [2.05, 4.69) is 0 Å². The molecule has 0 saturated carbocycles. The molecule has 4 aromatic carbocycles. The Balaban J connectivity index is 0.000000181. The number of carbonyl (C=O) groups is 2. The van der Waals surface area contributed by atoms with Gasteiger partial charge in [0.25, 0.3) is 11.8 Å². The Morgan fingerprint density at radius 3 is 1.46 bits per heavy atom. The highest BCUT2D eigenvalue weighted by atomic mass is 32.2. The third kappa shape index (κ3) is 6.92.